The van der Waals surface area contributed by atoms with Gasteiger partial charge in [-0.2, -0.15) is 10.4 Å². The van der Waals surface area contributed by atoms with Gasteiger partial charge in [-0.05, 0) is 36.4 Å². The largest absolute Gasteiger partial charge is 0.455 e. The summed E-state index contributed by atoms with van der Waals surface area (Å²) < 4.78 is 5.54. The van der Waals surface area contributed by atoms with Gasteiger partial charge in [0.2, 0.25) is 5.91 Å². The van der Waals surface area contributed by atoms with Crippen molar-refractivity contribution in [1.29, 1.82) is 5.26 Å². The molecule has 19 heavy (non-hydrogen) atoms. The number of nitrogens with zero attached hydrogens (tertiary/aromatic N) is 2. The number of nitriles is 1. The average molecular weight is 253 g/mol. The third-order valence-electron chi connectivity index (χ3n) is 2.34. The minimum Gasteiger partial charge on any atom is -0.455 e. The van der Waals surface area contributed by atoms with Crippen LogP contribution in [0.15, 0.2) is 45.9 Å². The standard InChI is InChI=1S/C14H11N3O2/c1-10(18)17-16-9-13-6-7-14(19-13)12-4-2-11(8-15)3-5-12/h2-7,9H,1H3,(H,17,18)/b16-9-. The lowest BCUT2D eigenvalue weighted by atomic mass is 10.1. The lowest BCUT2D eigenvalue weighted by Gasteiger charge is -1.96. The molecule has 0 unspecified atom stereocenters. The Balaban J connectivity index is 2.14. The Kier molecular flexibility index (Phi) is 3.74. The first-order chi connectivity index (χ1) is 9.19. The molecule has 94 valence electrons. The second-order valence-corrected chi connectivity index (χ2v) is 3.82. The van der Waals surface area contributed by atoms with E-state index < -0.39 is 0 Å². The molecule has 1 heterocycles. The summed E-state index contributed by atoms with van der Waals surface area (Å²) in [6.07, 6.45) is 1.43. The molecule has 0 saturated carbocycles. The highest BCUT2D eigenvalue weighted by Crippen LogP contribution is 2.21. The number of carbonyl (C=O) groups excluding carboxylic acids is 1. The van der Waals surface area contributed by atoms with Crippen LogP contribution in [0, 0.1) is 11.3 Å². The zero-order valence-electron chi connectivity index (χ0n) is 10.3. The van der Waals surface area contributed by atoms with E-state index in [0.29, 0.717) is 17.1 Å². The summed E-state index contributed by atoms with van der Waals surface area (Å²) in [5.41, 5.74) is 3.77. The number of nitrogens with one attached hydrogen (secondary N) is 1. The van der Waals surface area contributed by atoms with E-state index in [9.17, 15) is 4.79 Å². The van der Waals surface area contributed by atoms with Gasteiger partial charge in [0.05, 0.1) is 17.8 Å². The number of hydrogen-bond acceptors (Lipinski definition) is 4. The molecule has 0 radical (unpaired) electrons. The van der Waals surface area contributed by atoms with Gasteiger partial charge < -0.3 is 4.42 Å². The predicted octanol–water partition coefficient (Wildman–Crippen LogP) is 2.29. The van der Waals surface area contributed by atoms with Gasteiger partial charge in [0.1, 0.15) is 11.5 Å². The lowest BCUT2D eigenvalue weighted by molar-refractivity contribution is -0.118. The van der Waals surface area contributed by atoms with Crippen LogP contribution in [-0.2, 0) is 4.79 Å². The fourth-order valence-electron chi connectivity index (χ4n) is 1.47. The topological polar surface area (TPSA) is 78.4 Å². The molecule has 1 amide bonds. The molecule has 0 bridgehead atoms. The van der Waals surface area contributed by atoms with Crippen molar-refractivity contribution in [2.75, 3.05) is 0 Å². The SMILES string of the molecule is CC(=O)N/N=C\c1ccc(-c2ccc(C#N)cc2)o1. The normalized spacial score (nSPS) is 10.3. The first kappa shape index (κ1) is 12.6. The van der Waals surface area contributed by atoms with E-state index in [-0.39, 0.29) is 5.91 Å². The summed E-state index contributed by atoms with van der Waals surface area (Å²) in [5.74, 6) is 0.969. The molecular weight excluding hydrogens is 242 g/mol. The number of carbonyl (C=O) groups is 1. The average Bonchev–Trinajstić information content (AvgIpc) is 2.87. The van der Waals surface area contributed by atoms with Gasteiger partial charge in [0, 0.05) is 12.5 Å². The number of benzene rings is 1. The van der Waals surface area contributed by atoms with Crippen LogP contribution in [0.3, 0.4) is 0 Å². The van der Waals surface area contributed by atoms with E-state index in [1.165, 1.54) is 13.1 Å². The molecule has 5 heteroatoms. The summed E-state index contributed by atoms with van der Waals surface area (Å²) in [5, 5.41) is 12.4. The van der Waals surface area contributed by atoms with Crippen LogP contribution >= 0.6 is 0 Å². The minimum atomic E-state index is -0.241. The Morgan fingerprint density at radius 2 is 2.05 bits per heavy atom. The second kappa shape index (κ2) is 5.65. The summed E-state index contributed by atoms with van der Waals surface area (Å²) in [6.45, 7) is 1.38. The van der Waals surface area contributed by atoms with Crippen LogP contribution in [0.25, 0.3) is 11.3 Å². The summed E-state index contributed by atoms with van der Waals surface area (Å²) in [4.78, 5) is 10.6. The van der Waals surface area contributed by atoms with E-state index in [4.69, 9.17) is 9.68 Å². The molecule has 1 aromatic heterocycles. The number of rotatable bonds is 3. The van der Waals surface area contributed by atoms with Crippen LogP contribution in [0.4, 0.5) is 0 Å². The third kappa shape index (κ3) is 3.30. The number of hydrogen-bond donors (Lipinski definition) is 1. The van der Waals surface area contributed by atoms with Crippen LogP contribution in [0.5, 0.6) is 0 Å². The zero-order chi connectivity index (χ0) is 13.7. The predicted molar refractivity (Wildman–Crippen MR) is 70.3 cm³/mol. The summed E-state index contributed by atoms with van der Waals surface area (Å²) in [6, 6.07) is 12.7. The highest BCUT2D eigenvalue weighted by atomic mass is 16.3. The Morgan fingerprint density at radius 3 is 2.68 bits per heavy atom. The van der Waals surface area contributed by atoms with Crippen molar-refractivity contribution in [2.45, 2.75) is 6.92 Å². The second-order valence-electron chi connectivity index (χ2n) is 3.82. The molecule has 2 aromatic rings. The van der Waals surface area contributed by atoms with Crippen molar-refractivity contribution in [3.63, 3.8) is 0 Å². The van der Waals surface area contributed by atoms with Crippen LogP contribution in [-0.4, -0.2) is 12.1 Å². The van der Waals surface area contributed by atoms with Crippen molar-refractivity contribution in [3.8, 4) is 17.4 Å². The maximum atomic E-state index is 10.6. The molecule has 0 saturated heterocycles. The molecule has 0 aliphatic heterocycles. The van der Waals surface area contributed by atoms with E-state index in [1.54, 1.807) is 24.3 Å². The zero-order valence-corrected chi connectivity index (χ0v) is 10.3. The smallest absolute Gasteiger partial charge is 0.236 e. The Bertz CT molecular complexity index is 648. The Morgan fingerprint density at radius 1 is 1.32 bits per heavy atom. The molecule has 1 N–H and O–H groups in total. The lowest BCUT2D eigenvalue weighted by Crippen LogP contribution is -2.12. The fourth-order valence-corrected chi connectivity index (χ4v) is 1.47. The number of furan rings is 1. The van der Waals surface area contributed by atoms with Crippen LogP contribution < -0.4 is 5.43 Å². The van der Waals surface area contributed by atoms with E-state index in [1.807, 2.05) is 12.1 Å². The molecule has 2 rings (SSSR count). The summed E-state index contributed by atoms with van der Waals surface area (Å²) >= 11 is 0. The molecule has 0 spiro atoms. The first-order valence-electron chi connectivity index (χ1n) is 5.59. The van der Waals surface area contributed by atoms with Gasteiger partial charge in [-0.1, -0.05) is 0 Å². The maximum absolute atomic E-state index is 10.6. The Labute approximate surface area is 110 Å². The van der Waals surface area contributed by atoms with E-state index >= 15 is 0 Å². The molecule has 5 nitrogen and oxygen atoms in total. The number of hydrazone groups is 1. The number of amides is 1. The fraction of sp³-hybridized carbons (Fsp3) is 0.0714. The molecule has 1 aromatic carbocycles. The van der Waals surface area contributed by atoms with E-state index in [2.05, 4.69) is 16.6 Å². The summed E-state index contributed by atoms with van der Waals surface area (Å²) in [7, 11) is 0. The van der Waals surface area contributed by atoms with Gasteiger partial charge in [-0.3, -0.25) is 4.79 Å². The molecule has 0 aliphatic carbocycles. The maximum Gasteiger partial charge on any atom is 0.236 e. The van der Waals surface area contributed by atoms with E-state index in [0.717, 1.165) is 5.56 Å². The van der Waals surface area contributed by atoms with Gasteiger partial charge in [0.25, 0.3) is 0 Å². The highest BCUT2D eigenvalue weighted by molar-refractivity contribution is 5.80. The van der Waals surface area contributed by atoms with Crippen molar-refractivity contribution in [3.05, 3.63) is 47.7 Å². The molecule has 0 fully saturated rings. The van der Waals surface area contributed by atoms with Crippen molar-refractivity contribution < 1.29 is 9.21 Å². The van der Waals surface area contributed by atoms with Crippen molar-refractivity contribution >= 4 is 12.1 Å². The minimum absolute atomic E-state index is 0.241. The van der Waals surface area contributed by atoms with Gasteiger partial charge in [0.15, 0.2) is 0 Å². The van der Waals surface area contributed by atoms with Crippen molar-refractivity contribution in [1.82, 2.24) is 5.43 Å². The van der Waals surface area contributed by atoms with Gasteiger partial charge >= 0.3 is 0 Å². The molecule has 0 aliphatic rings. The van der Waals surface area contributed by atoms with Gasteiger partial charge in [-0.15, -0.1) is 0 Å². The Hall–Kier alpha value is -2.87. The first-order valence-corrected chi connectivity index (χ1v) is 5.59. The van der Waals surface area contributed by atoms with Crippen LogP contribution in [0.1, 0.15) is 18.2 Å². The third-order valence-corrected chi connectivity index (χ3v) is 2.34. The molecule has 0 atom stereocenters. The monoisotopic (exact) mass is 253 g/mol. The van der Waals surface area contributed by atoms with Crippen molar-refractivity contribution in [2.24, 2.45) is 5.10 Å². The highest BCUT2D eigenvalue weighted by Gasteiger charge is 2.03. The van der Waals surface area contributed by atoms with Crippen LogP contribution in [0.2, 0.25) is 0 Å². The van der Waals surface area contributed by atoms with Gasteiger partial charge in [-0.25, -0.2) is 5.43 Å². The quantitative estimate of drug-likeness (QED) is 0.673. The molecular formula is C14H11N3O2.